The Morgan fingerprint density at radius 3 is 2.67 bits per heavy atom. The van der Waals surface area contributed by atoms with Gasteiger partial charge in [0.15, 0.2) is 0 Å². The van der Waals surface area contributed by atoms with Crippen molar-refractivity contribution in [1.29, 1.82) is 0 Å². The van der Waals surface area contributed by atoms with Crippen LogP contribution >= 0.6 is 11.6 Å². The molecule has 0 bridgehead atoms. The summed E-state index contributed by atoms with van der Waals surface area (Å²) in [5.74, 6) is 1.01. The Morgan fingerprint density at radius 2 is 2.00 bits per heavy atom. The Bertz CT molecular complexity index is 361. The lowest BCUT2D eigenvalue weighted by Gasteiger charge is -2.26. The molecule has 3 heteroatoms. The van der Waals surface area contributed by atoms with Gasteiger partial charge in [0.05, 0.1) is 0 Å². The predicted molar refractivity (Wildman–Crippen MR) is 73.9 cm³/mol. The highest BCUT2D eigenvalue weighted by molar-refractivity contribution is 6.31. The van der Waals surface area contributed by atoms with Gasteiger partial charge in [0.2, 0.25) is 0 Å². The number of halogens is 1. The zero-order valence-corrected chi connectivity index (χ0v) is 11.4. The standard InChI is InChI=1S/C15H21ClO2/c16-15-4-2-1-3-14(15)10-13(11-17)9-12-5-7-18-8-6-12/h1-4,12-13,17H,5-11H2. The first-order valence-electron chi connectivity index (χ1n) is 6.71. The van der Waals surface area contributed by atoms with Crippen molar-refractivity contribution in [2.24, 2.45) is 11.8 Å². The van der Waals surface area contributed by atoms with Crippen LogP contribution < -0.4 is 0 Å². The third kappa shape index (κ3) is 3.98. The minimum Gasteiger partial charge on any atom is -0.396 e. The van der Waals surface area contributed by atoms with E-state index in [0.717, 1.165) is 49.5 Å². The van der Waals surface area contributed by atoms with Crippen LogP contribution in [0.4, 0.5) is 0 Å². The number of hydrogen-bond acceptors (Lipinski definition) is 2. The fraction of sp³-hybridized carbons (Fsp3) is 0.600. The Kier molecular flexibility index (Phi) is 5.48. The molecule has 0 spiro atoms. The Morgan fingerprint density at radius 1 is 1.28 bits per heavy atom. The summed E-state index contributed by atoms with van der Waals surface area (Å²) in [5, 5.41) is 10.3. The monoisotopic (exact) mass is 268 g/mol. The van der Waals surface area contributed by atoms with Crippen LogP contribution in [-0.2, 0) is 11.2 Å². The zero-order chi connectivity index (χ0) is 12.8. The van der Waals surface area contributed by atoms with Crippen LogP contribution in [-0.4, -0.2) is 24.9 Å². The van der Waals surface area contributed by atoms with Crippen molar-refractivity contribution in [1.82, 2.24) is 0 Å². The SMILES string of the molecule is OCC(Cc1ccccc1Cl)CC1CCOCC1. The molecule has 100 valence electrons. The van der Waals surface area contributed by atoms with E-state index >= 15 is 0 Å². The first-order valence-corrected chi connectivity index (χ1v) is 7.09. The molecule has 1 saturated heterocycles. The third-order valence-corrected chi connectivity index (χ3v) is 4.10. The van der Waals surface area contributed by atoms with E-state index in [4.69, 9.17) is 16.3 Å². The van der Waals surface area contributed by atoms with Crippen molar-refractivity contribution < 1.29 is 9.84 Å². The second kappa shape index (κ2) is 7.13. The molecule has 0 saturated carbocycles. The van der Waals surface area contributed by atoms with Gasteiger partial charge in [0.1, 0.15) is 0 Å². The molecule has 0 aliphatic carbocycles. The van der Waals surface area contributed by atoms with E-state index in [1.165, 1.54) is 0 Å². The highest BCUT2D eigenvalue weighted by Gasteiger charge is 2.19. The molecule has 1 N–H and O–H groups in total. The molecule has 1 aromatic carbocycles. The summed E-state index contributed by atoms with van der Waals surface area (Å²) >= 11 is 6.17. The van der Waals surface area contributed by atoms with Crippen LogP contribution in [0, 0.1) is 11.8 Å². The number of rotatable bonds is 5. The van der Waals surface area contributed by atoms with Gasteiger partial charge in [-0.3, -0.25) is 0 Å². The lowest BCUT2D eigenvalue weighted by Crippen LogP contribution is -2.21. The number of ether oxygens (including phenoxy) is 1. The van der Waals surface area contributed by atoms with Crippen molar-refractivity contribution in [3.05, 3.63) is 34.9 Å². The normalized spacial score (nSPS) is 18.8. The van der Waals surface area contributed by atoms with Crippen molar-refractivity contribution in [2.75, 3.05) is 19.8 Å². The van der Waals surface area contributed by atoms with Crippen LogP contribution in [0.15, 0.2) is 24.3 Å². The highest BCUT2D eigenvalue weighted by Crippen LogP contribution is 2.27. The van der Waals surface area contributed by atoms with Crippen LogP contribution in [0.2, 0.25) is 5.02 Å². The highest BCUT2D eigenvalue weighted by atomic mass is 35.5. The molecular formula is C15H21ClO2. The van der Waals surface area contributed by atoms with E-state index in [9.17, 15) is 5.11 Å². The quantitative estimate of drug-likeness (QED) is 0.888. The van der Waals surface area contributed by atoms with Crippen molar-refractivity contribution in [3.8, 4) is 0 Å². The summed E-state index contributed by atoms with van der Waals surface area (Å²) < 4.78 is 5.37. The summed E-state index contributed by atoms with van der Waals surface area (Å²) in [6, 6.07) is 7.91. The number of aliphatic hydroxyl groups is 1. The fourth-order valence-electron chi connectivity index (χ4n) is 2.65. The van der Waals surface area contributed by atoms with Crippen molar-refractivity contribution in [3.63, 3.8) is 0 Å². The van der Waals surface area contributed by atoms with Gasteiger partial charge in [-0.1, -0.05) is 29.8 Å². The minimum atomic E-state index is 0.239. The summed E-state index contributed by atoms with van der Waals surface area (Å²) in [4.78, 5) is 0. The molecule has 1 aliphatic rings. The molecular weight excluding hydrogens is 248 g/mol. The molecule has 1 heterocycles. The summed E-state index contributed by atoms with van der Waals surface area (Å²) in [5.41, 5.74) is 1.14. The smallest absolute Gasteiger partial charge is 0.0468 e. The molecule has 18 heavy (non-hydrogen) atoms. The van der Waals surface area contributed by atoms with Gasteiger partial charge in [0, 0.05) is 24.8 Å². The maximum Gasteiger partial charge on any atom is 0.0468 e. The average Bonchev–Trinajstić information content (AvgIpc) is 2.41. The largest absolute Gasteiger partial charge is 0.396 e. The molecule has 1 aliphatic heterocycles. The summed E-state index contributed by atoms with van der Waals surface area (Å²) in [6.45, 7) is 1.98. The maximum atomic E-state index is 9.53. The number of benzene rings is 1. The van der Waals surface area contributed by atoms with E-state index in [1.807, 2.05) is 18.2 Å². The first kappa shape index (κ1) is 13.9. The molecule has 1 aromatic rings. The van der Waals surface area contributed by atoms with Crippen LogP contribution in [0.5, 0.6) is 0 Å². The van der Waals surface area contributed by atoms with Crippen LogP contribution in [0.3, 0.4) is 0 Å². The van der Waals surface area contributed by atoms with Gasteiger partial charge < -0.3 is 9.84 Å². The van der Waals surface area contributed by atoms with Crippen molar-refractivity contribution >= 4 is 11.6 Å². The lowest BCUT2D eigenvalue weighted by atomic mass is 9.86. The number of hydrogen-bond donors (Lipinski definition) is 1. The van der Waals surface area contributed by atoms with Gasteiger partial charge >= 0.3 is 0 Å². The Labute approximate surface area is 114 Å². The first-order chi connectivity index (χ1) is 8.79. The molecule has 2 nitrogen and oxygen atoms in total. The average molecular weight is 269 g/mol. The zero-order valence-electron chi connectivity index (χ0n) is 10.6. The van der Waals surface area contributed by atoms with E-state index in [1.54, 1.807) is 0 Å². The van der Waals surface area contributed by atoms with Gasteiger partial charge in [-0.25, -0.2) is 0 Å². The van der Waals surface area contributed by atoms with Gasteiger partial charge in [-0.15, -0.1) is 0 Å². The van der Waals surface area contributed by atoms with Crippen LogP contribution in [0.25, 0.3) is 0 Å². The van der Waals surface area contributed by atoms with E-state index in [-0.39, 0.29) is 6.61 Å². The minimum absolute atomic E-state index is 0.239. The topological polar surface area (TPSA) is 29.5 Å². The van der Waals surface area contributed by atoms with Gasteiger partial charge in [-0.05, 0) is 49.1 Å². The Balaban J connectivity index is 1.90. The molecule has 1 fully saturated rings. The predicted octanol–water partition coefficient (Wildman–Crippen LogP) is 3.31. The summed E-state index contributed by atoms with van der Waals surface area (Å²) in [7, 11) is 0. The lowest BCUT2D eigenvalue weighted by molar-refractivity contribution is 0.0540. The molecule has 1 unspecified atom stereocenters. The van der Waals surface area contributed by atoms with E-state index in [0.29, 0.717) is 11.8 Å². The fourth-order valence-corrected chi connectivity index (χ4v) is 2.86. The van der Waals surface area contributed by atoms with Crippen LogP contribution in [0.1, 0.15) is 24.8 Å². The van der Waals surface area contributed by atoms with Gasteiger partial charge in [0.25, 0.3) is 0 Å². The molecule has 0 radical (unpaired) electrons. The second-order valence-corrected chi connectivity index (χ2v) is 5.54. The maximum absolute atomic E-state index is 9.53. The molecule has 2 rings (SSSR count). The second-order valence-electron chi connectivity index (χ2n) is 5.14. The Hall–Kier alpha value is -0.570. The summed E-state index contributed by atoms with van der Waals surface area (Å²) in [6.07, 6.45) is 4.19. The number of aliphatic hydroxyl groups excluding tert-OH is 1. The van der Waals surface area contributed by atoms with E-state index < -0.39 is 0 Å². The third-order valence-electron chi connectivity index (χ3n) is 3.73. The molecule has 0 aromatic heterocycles. The van der Waals surface area contributed by atoms with Gasteiger partial charge in [-0.2, -0.15) is 0 Å². The van der Waals surface area contributed by atoms with Crippen molar-refractivity contribution in [2.45, 2.75) is 25.7 Å². The molecule has 0 amide bonds. The van der Waals surface area contributed by atoms with E-state index in [2.05, 4.69) is 6.07 Å². The molecule has 1 atom stereocenters.